The molecule has 0 bridgehead atoms. The van der Waals surface area contributed by atoms with E-state index in [9.17, 15) is 17.6 Å². The van der Waals surface area contributed by atoms with Gasteiger partial charge in [0, 0.05) is 5.02 Å². The van der Waals surface area contributed by atoms with Crippen LogP contribution in [0.15, 0.2) is 23.2 Å². The Balaban J connectivity index is 3.13. The molecule has 0 unspecified atom stereocenters. The van der Waals surface area contributed by atoms with Crippen LogP contribution in [0, 0.1) is 5.82 Å². The first kappa shape index (κ1) is 12.3. The van der Waals surface area contributed by atoms with Gasteiger partial charge in [-0.15, -0.1) is 0 Å². The molecule has 0 fully saturated rings. The summed E-state index contributed by atoms with van der Waals surface area (Å²) in [4.78, 5) is 2.89. The fourth-order valence-corrected chi connectivity index (χ4v) is 0.998. The predicted octanol–water partition coefficient (Wildman–Crippen LogP) is 4.31. The summed E-state index contributed by atoms with van der Waals surface area (Å²) in [7, 11) is 0. The van der Waals surface area contributed by atoms with Crippen LogP contribution in [-0.2, 0) is 0 Å². The van der Waals surface area contributed by atoms with E-state index in [2.05, 4.69) is 4.99 Å². The second-order valence-corrected chi connectivity index (χ2v) is 3.29. The summed E-state index contributed by atoms with van der Waals surface area (Å²) in [5.41, 5.74) is -0.551. The summed E-state index contributed by atoms with van der Waals surface area (Å²) in [5, 5.41) is -1.58. The van der Waals surface area contributed by atoms with Gasteiger partial charge in [0.05, 0.1) is 0 Å². The molecule has 0 heterocycles. The van der Waals surface area contributed by atoms with Crippen LogP contribution in [-0.4, -0.2) is 11.3 Å². The van der Waals surface area contributed by atoms with Crippen LogP contribution in [0.25, 0.3) is 0 Å². The number of hydrogen-bond donors (Lipinski definition) is 0. The summed E-state index contributed by atoms with van der Waals surface area (Å²) in [6.45, 7) is 0. The van der Waals surface area contributed by atoms with Gasteiger partial charge < -0.3 is 0 Å². The average Bonchev–Trinajstić information content (AvgIpc) is 2.09. The number of halogens is 6. The van der Waals surface area contributed by atoms with Gasteiger partial charge in [0.1, 0.15) is 11.5 Å². The number of nitrogens with zero attached hydrogens (tertiary/aromatic N) is 1. The van der Waals surface area contributed by atoms with Crippen molar-refractivity contribution in [2.75, 3.05) is 0 Å². The second kappa shape index (κ2) is 4.37. The van der Waals surface area contributed by atoms with Crippen LogP contribution < -0.4 is 0 Å². The third-order valence-electron chi connectivity index (χ3n) is 1.36. The maximum absolute atomic E-state index is 12.9. The van der Waals surface area contributed by atoms with Crippen LogP contribution in [0.4, 0.5) is 23.2 Å². The normalized spacial score (nSPS) is 13.1. The van der Waals surface area contributed by atoms with Crippen molar-refractivity contribution >= 4 is 34.1 Å². The van der Waals surface area contributed by atoms with Crippen molar-refractivity contribution in [3.8, 4) is 0 Å². The standard InChI is InChI=1S/C8H3Cl2F4N/c9-4-1-2-5(11)6(3-4)15-7(10)8(12,13)14/h1-3H. The summed E-state index contributed by atoms with van der Waals surface area (Å²) in [6, 6.07) is 3.05. The lowest BCUT2D eigenvalue weighted by Gasteiger charge is -2.03. The zero-order chi connectivity index (χ0) is 11.6. The highest BCUT2D eigenvalue weighted by molar-refractivity contribution is 6.67. The molecule has 1 aromatic rings. The Hall–Kier alpha value is -0.810. The van der Waals surface area contributed by atoms with Crippen molar-refractivity contribution in [3.05, 3.63) is 29.0 Å². The number of rotatable bonds is 1. The van der Waals surface area contributed by atoms with E-state index in [1.165, 1.54) is 6.07 Å². The monoisotopic (exact) mass is 259 g/mol. The van der Waals surface area contributed by atoms with Gasteiger partial charge in [-0.2, -0.15) is 13.2 Å². The Morgan fingerprint density at radius 3 is 2.40 bits per heavy atom. The number of benzene rings is 1. The summed E-state index contributed by atoms with van der Waals surface area (Å²) in [5.74, 6) is -0.929. The largest absolute Gasteiger partial charge is 0.444 e. The third kappa shape index (κ3) is 3.35. The molecule has 0 saturated heterocycles. The summed E-state index contributed by atoms with van der Waals surface area (Å²) < 4.78 is 48.8. The minimum Gasteiger partial charge on any atom is -0.229 e. The van der Waals surface area contributed by atoms with E-state index in [0.29, 0.717) is 0 Å². The van der Waals surface area contributed by atoms with Gasteiger partial charge >= 0.3 is 6.18 Å². The second-order valence-electron chi connectivity index (χ2n) is 2.50. The van der Waals surface area contributed by atoms with Crippen LogP contribution in [0.1, 0.15) is 0 Å². The highest BCUT2D eigenvalue weighted by Crippen LogP contribution is 2.27. The van der Waals surface area contributed by atoms with Crippen molar-refractivity contribution in [1.82, 2.24) is 0 Å². The molecule has 0 saturated carbocycles. The molecule has 0 amide bonds. The van der Waals surface area contributed by atoms with E-state index in [-0.39, 0.29) is 5.02 Å². The number of alkyl halides is 3. The highest BCUT2D eigenvalue weighted by atomic mass is 35.5. The van der Waals surface area contributed by atoms with Crippen molar-refractivity contribution in [2.24, 2.45) is 4.99 Å². The molecule has 15 heavy (non-hydrogen) atoms. The van der Waals surface area contributed by atoms with Crippen LogP contribution in [0.2, 0.25) is 5.02 Å². The van der Waals surface area contributed by atoms with E-state index in [0.717, 1.165) is 12.1 Å². The SMILES string of the molecule is Fc1ccc(Cl)cc1N=C(Cl)C(F)(F)F. The van der Waals surface area contributed by atoms with Gasteiger partial charge in [-0.3, -0.25) is 0 Å². The Kier molecular flexibility index (Phi) is 3.57. The maximum Gasteiger partial charge on any atom is 0.444 e. The van der Waals surface area contributed by atoms with E-state index < -0.39 is 22.9 Å². The van der Waals surface area contributed by atoms with Gasteiger partial charge in [0.25, 0.3) is 0 Å². The van der Waals surface area contributed by atoms with Crippen molar-refractivity contribution in [1.29, 1.82) is 0 Å². The third-order valence-corrected chi connectivity index (χ3v) is 1.89. The van der Waals surface area contributed by atoms with Crippen LogP contribution in [0.3, 0.4) is 0 Å². The molecule has 1 rings (SSSR count). The smallest absolute Gasteiger partial charge is 0.229 e. The topological polar surface area (TPSA) is 12.4 Å². The minimum atomic E-state index is -4.80. The molecular formula is C8H3Cl2F4N. The highest BCUT2D eigenvalue weighted by Gasteiger charge is 2.34. The Bertz CT molecular complexity index is 400. The minimum absolute atomic E-state index is 0.0711. The van der Waals surface area contributed by atoms with Gasteiger partial charge in [0.15, 0.2) is 0 Å². The molecule has 0 aliphatic rings. The first-order valence-electron chi connectivity index (χ1n) is 3.57. The van der Waals surface area contributed by atoms with Gasteiger partial charge in [-0.05, 0) is 18.2 Å². The first-order valence-corrected chi connectivity index (χ1v) is 4.33. The maximum atomic E-state index is 12.9. The van der Waals surface area contributed by atoms with Gasteiger partial charge in [-0.25, -0.2) is 9.38 Å². The lowest BCUT2D eigenvalue weighted by Crippen LogP contribution is -2.16. The zero-order valence-corrected chi connectivity index (χ0v) is 8.46. The molecule has 0 atom stereocenters. The molecule has 0 aliphatic carbocycles. The van der Waals surface area contributed by atoms with Crippen LogP contribution >= 0.6 is 23.2 Å². The molecule has 1 aromatic carbocycles. The summed E-state index contributed by atoms with van der Waals surface area (Å²) >= 11 is 10.3. The molecule has 0 aromatic heterocycles. The van der Waals surface area contributed by atoms with E-state index >= 15 is 0 Å². The average molecular weight is 260 g/mol. The molecule has 0 radical (unpaired) electrons. The van der Waals surface area contributed by atoms with Crippen molar-refractivity contribution in [3.63, 3.8) is 0 Å². The van der Waals surface area contributed by atoms with Crippen molar-refractivity contribution < 1.29 is 17.6 Å². The Morgan fingerprint density at radius 2 is 1.87 bits per heavy atom. The molecule has 0 N–H and O–H groups in total. The van der Waals surface area contributed by atoms with Crippen molar-refractivity contribution in [2.45, 2.75) is 6.18 Å². The fraction of sp³-hybridized carbons (Fsp3) is 0.125. The van der Waals surface area contributed by atoms with E-state index in [1.54, 1.807) is 0 Å². The van der Waals surface area contributed by atoms with Crippen LogP contribution in [0.5, 0.6) is 0 Å². The lowest BCUT2D eigenvalue weighted by atomic mass is 10.3. The zero-order valence-electron chi connectivity index (χ0n) is 6.95. The quantitative estimate of drug-likeness (QED) is 0.527. The van der Waals surface area contributed by atoms with Gasteiger partial charge in [0.2, 0.25) is 5.17 Å². The molecule has 7 heteroatoms. The van der Waals surface area contributed by atoms with E-state index in [1.807, 2.05) is 0 Å². The Morgan fingerprint density at radius 1 is 1.27 bits per heavy atom. The molecule has 82 valence electrons. The first-order chi connectivity index (χ1) is 6.80. The molecule has 0 spiro atoms. The van der Waals surface area contributed by atoms with E-state index in [4.69, 9.17) is 23.2 Å². The summed E-state index contributed by atoms with van der Waals surface area (Å²) in [6.07, 6.45) is -4.80. The fourth-order valence-electron chi connectivity index (χ4n) is 0.741. The number of aliphatic imine (C=N–C) groups is 1. The Labute approximate surface area is 92.3 Å². The molecule has 1 nitrogen and oxygen atoms in total. The number of hydrogen-bond acceptors (Lipinski definition) is 1. The van der Waals surface area contributed by atoms with Gasteiger partial charge in [-0.1, -0.05) is 23.2 Å². The lowest BCUT2D eigenvalue weighted by molar-refractivity contribution is -0.0558. The predicted molar refractivity (Wildman–Crippen MR) is 50.4 cm³/mol. The molecular weight excluding hydrogens is 257 g/mol. The molecule has 0 aliphatic heterocycles.